The van der Waals surface area contributed by atoms with Crippen LogP contribution in [0.1, 0.15) is 52.4 Å². The van der Waals surface area contributed by atoms with Gasteiger partial charge in [-0.3, -0.25) is 0 Å². The first-order valence-corrected chi connectivity index (χ1v) is 5.67. The zero-order chi connectivity index (χ0) is 8.74. The standard InChI is InChI=1S/C9H18.CH4S/c1-3-9(4-2)7-5-6-8-9;1-2/h3-8H2,1-2H3;2H,1H3. The highest BCUT2D eigenvalue weighted by Crippen LogP contribution is 2.43. The van der Waals surface area contributed by atoms with Crippen molar-refractivity contribution in [3.63, 3.8) is 0 Å². The third kappa shape index (κ3) is 3.06. The Morgan fingerprint density at radius 1 is 1.00 bits per heavy atom. The molecule has 1 aliphatic rings. The quantitative estimate of drug-likeness (QED) is 0.603. The Labute approximate surface area is 77.2 Å². The van der Waals surface area contributed by atoms with Gasteiger partial charge in [-0.2, -0.15) is 12.6 Å². The summed E-state index contributed by atoms with van der Waals surface area (Å²) in [5, 5.41) is 0. The van der Waals surface area contributed by atoms with Crippen LogP contribution in [0.2, 0.25) is 0 Å². The van der Waals surface area contributed by atoms with E-state index in [1.165, 1.54) is 38.5 Å². The molecule has 0 radical (unpaired) electrons. The lowest BCUT2D eigenvalue weighted by Gasteiger charge is -2.24. The minimum Gasteiger partial charge on any atom is -0.183 e. The summed E-state index contributed by atoms with van der Waals surface area (Å²) in [5.41, 5.74) is 0.778. The van der Waals surface area contributed by atoms with Crippen molar-refractivity contribution in [1.82, 2.24) is 0 Å². The largest absolute Gasteiger partial charge is 0.183 e. The lowest BCUT2D eigenvalue weighted by molar-refractivity contribution is 0.273. The van der Waals surface area contributed by atoms with Crippen LogP contribution in [0.25, 0.3) is 0 Å². The Kier molecular flexibility index (Phi) is 6.12. The smallest absolute Gasteiger partial charge is 0.0215 e. The molecule has 1 saturated carbocycles. The molecule has 0 aromatic carbocycles. The summed E-state index contributed by atoms with van der Waals surface area (Å²) in [7, 11) is 0. The highest BCUT2D eigenvalue weighted by molar-refractivity contribution is 7.79. The van der Waals surface area contributed by atoms with Crippen molar-refractivity contribution in [2.45, 2.75) is 52.4 Å². The highest BCUT2D eigenvalue weighted by atomic mass is 32.1. The average molecular weight is 174 g/mol. The normalized spacial score (nSPS) is 20.7. The van der Waals surface area contributed by atoms with Crippen LogP contribution < -0.4 is 0 Å². The third-order valence-electron chi connectivity index (χ3n) is 3.16. The molecule has 68 valence electrons. The van der Waals surface area contributed by atoms with E-state index in [0.717, 1.165) is 5.41 Å². The molecule has 0 aromatic rings. The van der Waals surface area contributed by atoms with Gasteiger partial charge < -0.3 is 0 Å². The van der Waals surface area contributed by atoms with E-state index in [-0.39, 0.29) is 0 Å². The van der Waals surface area contributed by atoms with Gasteiger partial charge >= 0.3 is 0 Å². The second-order valence-electron chi connectivity index (χ2n) is 3.41. The van der Waals surface area contributed by atoms with Crippen molar-refractivity contribution >= 4 is 12.6 Å². The Bertz CT molecular complexity index is 76.9. The van der Waals surface area contributed by atoms with Gasteiger partial charge in [0.15, 0.2) is 0 Å². The minimum absolute atomic E-state index is 0.778. The molecule has 0 spiro atoms. The topological polar surface area (TPSA) is 0 Å². The van der Waals surface area contributed by atoms with Crippen LogP contribution in [0.3, 0.4) is 0 Å². The molecule has 1 aliphatic carbocycles. The number of hydrogen-bond donors (Lipinski definition) is 1. The third-order valence-corrected chi connectivity index (χ3v) is 3.16. The Morgan fingerprint density at radius 2 is 1.36 bits per heavy atom. The zero-order valence-electron chi connectivity index (χ0n) is 8.19. The summed E-state index contributed by atoms with van der Waals surface area (Å²) >= 11 is 3.53. The first-order chi connectivity index (χ1) is 5.33. The Morgan fingerprint density at radius 3 is 1.55 bits per heavy atom. The van der Waals surface area contributed by atoms with E-state index in [2.05, 4.69) is 26.5 Å². The van der Waals surface area contributed by atoms with Gasteiger partial charge in [0.1, 0.15) is 0 Å². The number of thiol groups is 1. The van der Waals surface area contributed by atoms with Crippen LogP contribution >= 0.6 is 12.6 Å². The monoisotopic (exact) mass is 174 g/mol. The van der Waals surface area contributed by atoms with Crippen LogP contribution in [0.4, 0.5) is 0 Å². The fourth-order valence-corrected chi connectivity index (χ4v) is 2.08. The molecule has 0 unspecified atom stereocenters. The van der Waals surface area contributed by atoms with Crippen LogP contribution in [0.15, 0.2) is 0 Å². The molecule has 0 atom stereocenters. The van der Waals surface area contributed by atoms with Crippen molar-refractivity contribution in [1.29, 1.82) is 0 Å². The van der Waals surface area contributed by atoms with Crippen molar-refractivity contribution < 1.29 is 0 Å². The average Bonchev–Trinajstić information content (AvgIpc) is 2.57. The molecule has 0 amide bonds. The van der Waals surface area contributed by atoms with Gasteiger partial charge in [-0.1, -0.05) is 39.5 Å². The van der Waals surface area contributed by atoms with E-state index in [0.29, 0.717) is 0 Å². The van der Waals surface area contributed by atoms with Crippen molar-refractivity contribution in [2.75, 3.05) is 6.26 Å². The molecule has 0 saturated heterocycles. The van der Waals surface area contributed by atoms with Gasteiger partial charge in [0.05, 0.1) is 0 Å². The van der Waals surface area contributed by atoms with Crippen molar-refractivity contribution in [3.05, 3.63) is 0 Å². The van der Waals surface area contributed by atoms with Crippen LogP contribution in [0, 0.1) is 5.41 Å². The lowest BCUT2D eigenvalue weighted by atomic mass is 9.81. The van der Waals surface area contributed by atoms with E-state index in [9.17, 15) is 0 Å². The predicted molar refractivity (Wildman–Crippen MR) is 56.4 cm³/mol. The maximum atomic E-state index is 3.53. The van der Waals surface area contributed by atoms with Crippen LogP contribution in [-0.2, 0) is 0 Å². The summed E-state index contributed by atoms with van der Waals surface area (Å²) in [5.74, 6) is 0. The number of hydrogen-bond acceptors (Lipinski definition) is 1. The van der Waals surface area contributed by atoms with E-state index in [1.807, 2.05) is 0 Å². The zero-order valence-corrected chi connectivity index (χ0v) is 9.08. The molecule has 0 nitrogen and oxygen atoms in total. The van der Waals surface area contributed by atoms with Crippen molar-refractivity contribution in [3.8, 4) is 0 Å². The van der Waals surface area contributed by atoms with Crippen LogP contribution in [0.5, 0.6) is 0 Å². The first-order valence-electron chi connectivity index (χ1n) is 4.78. The molecule has 1 rings (SSSR count). The predicted octanol–water partition coefficient (Wildman–Crippen LogP) is 3.91. The molecule has 0 N–H and O–H groups in total. The molecule has 0 aliphatic heterocycles. The number of rotatable bonds is 2. The van der Waals surface area contributed by atoms with Gasteiger partial charge in [0, 0.05) is 0 Å². The Hall–Kier alpha value is 0.350. The summed E-state index contributed by atoms with van der Waals surface area (Å²) in [6.07, 6.45) is 10.5. The maximum absolute atomic E-state index is 3.53. The maximum Gasteiger partial charge on any atom is -0.0215 e. The molecular formula is C10H22S. The molecule has 1 heteroatoms. The van der Waals surface area contributed by atoms with E-state index < -0.39 is 0 Å². The van der Waals surface area contributed by atoms with Gasteiger partial charge in [0.2, 0.25) is 0 Å². The fraction of sp³-hybridized carbons (Fsp3) is 1.00. The minimum atomic E-state index is 0.778. The van der Waals surface area contributed by atoms with Gasteiger partial charge in [0.25, 0.3) is 0 Å². The summed E-state index contributed by atoms with van der Waals surface area (Å²) in [6.45, 7) is 4.68. The second kappa shape index (κ2) is 5.93. The summed E-state index contributed by atoms with van der Waals surface area (Å²) < 4.78 is 0. The van der Waals surface area contributed by atoms with Gasteiger partial charge in [-0.15, -0.1) is 0 Å². The highest BCUT2D eigenvalue weighted by Gasteiger charge is 2.29. The van der Waals surface area contributed by atoms with E-state index in [4.69, 9.17) is 0 Å². The summed E-state index contributed by atoms with van der Waals surface area (Å²) in [4.78, 5) is 0. The molecule has 0 aromatic heterocycles. The SMILES string of the molecule is CCC1(CC)CCCC1.CS. The Balaban J connectivity index is 0.000000461. The van der Waals surface area contributed by atoms with E-state index >= 15 is 0 Å². The summed E-state index contributed by atoms with van der Waals surface area (Å²) in [6, 6.07) is 0. The molecule has 1 fully saturated rings. The molecule has 11 heavy (non-hydrogen) atoms. The van der Waals surface area contributed by atoms with E-state index in [1.54, 1.807) is 6.26 Å². The molecule has 0 heterocycles. The molecular weight excluding hydrogens is 152 g/mol. The van der Waals surface area contributed by atoms with Crippen LogP contribution in [-0.4, -0.2) is 6.26 Å². The van der Waals surface area contributed by atoms with Gasteiger partial charge in [-0.25, -0.2) is 0 Å². The van der Waals surface area contributed by atoms with Crippen molar-refractivity contribution in [2.24, 2.45) is 5.41 Å². The lowest BCUT2D eigenvalue weighted by Crippen LogP contribution is -2.12. The second-order valence-corrected chi connectivity index (χ2v) is 3.41. The van der Waals surface area contributed by atoms with Gasteiger partial charge in [-0.05, 0) is 24.5 Å². The molecule has 0 bridgehead atoms. The first kappa shape index (κ1) is 11.4. The fourth-order valence-electron chi connectivity index (χ4n) is 2.08.